The average Bonchev–Trinajstić information content (AvgIpc) is 2.55. The number of fused-ring (bicyclic) bond motifs is 2. The van der Waals surface area contributed by atoms with Gasteiger partial charge in [0.15, 0.2) is 11.5 Å². The fourth-order valence-corrected chi connectivity index (χ4v) is 3.59. The van der Waals surface area contributed by atoms with E-state index >= 15 is 0 Å². The molecule has 6 heteroatoms. The van der Waals surface area contributed by atoms with Crippen molar-refractivity contribution in [3.8, 4) is 11.5 Å². The summed E-state index contributed by atoms with van der Waals surface area (Å²) < 4.78 is 11.3. The minimum Gasteiger partial charge on any atom is -0.486 e. The minimum atomic E-state index is -0.224. The van der Waals surface area contributed by atoms with E-state index in [-0.39, 0.29) is 11.4 Å². The van der Waals surface area contributed by atoms with Gasteiger partial charge in [-0.3, -0.25) is 4.79 Å². The highest BCUT2D eigenvalue weighted by atomic mass is 32.2. The Morgan fingerprint density at radius 1 is 1.20 bits per heavy atom. The van der Waals surface area contributed by atoms with Gasteiger partial charge in [0.05, 0.1) is 11.3 Å². The Bertz CT molecular complexity index is 799. The molecular formula is C19H24N2O3S. The van der Waals surface area contributed by atoms with E-state index in [1.165, 1.54) is 11.8 Å². The van der Waals surface area contributed by atoms with Crippen LogP contribution in [0.5, 0.6) is 11.5 Å². The molecule has 3 rings (SSSR count). The summed E-state index contributed by atoms with van der Waals surface area (Å²) in [6, 6.07) is 6.03. The molecule has 1 aliphatic rings. The molecule has 0 atom stereocenters. The molecule has 0 radical (unpaired) electrons. The number of nitrogens with one attached hydrogen (secondary N) is 1. The Labute approximate surface area is 152 Å². The predicted octanol–water partition coefficient (Wildman–Crippen LogP) is 3.58. The molecule has 134 valence electrons. The molecule has 1 amide bonds. The number of hydrogen-bond acceptors (Lipinski definition) is 5. The molecule has 2 aromatic rings. The molecule has 1 aliphatic heterocycles. The van der Waals surface area contributed by atoms with Crippen molar-refractivity contribution in [2.24, 2.45) is 0 Å². The van der Waals surface area contributed by atoms with Crippen LogP contribution in [0.4, 0.5) is 0 Å². The van der Waals surface area contributed by atoms with Gasteiger partial charge in [-0.1, -0.05) is 18.7 Å². The summed E-state index contributed by atoms with van der Waals surface area (Å²) in [5, 5.41) is 4.91. The topological polar surface area (TPSA) is 60.5 Å². The highest BCUT2D eigenvalue weighted by molar-refractivity contribution is 7.99. The predicted molar refractivity (Wildman–Crippen MR) is 101 cm³/mol. The summed E-state index contributed by atoms with van der Waals surface area (Å²) in [7, 11) is 0. The summed E-state index contributed by atoms with van der Waals surface area (Å²) in [5.74, 6) is 1.88. The van der Waals surface area contributed by atoms with Gasteiger partial charge in [-0.2, -0.15) is 0 Å². The minimum absolute atomic E-state index is 0.0172. The molecule has 25 heavy (non-hydrogen) atoms. The van der Waals surface area contributed by atoms with Crippen molar-refractivity contribution >= 4 is 28.6 Å². The molecule has 1 aromatic heterocycles. The lowest BCUT2D eigenvalue weighted by molar-refractivity contribution is -0.119. The average molecular weight is 360 g/mol. The van der Waals surface area contributed by atoms with E-state index in [1.807, 2.05) is 32.9 Å². The van der Waals surface area contributed by atoms with Crippen LogP contribution in [-0.2, 0) is 11.2 Å². The van der Waals surface area contributed by atoms with Gasteiger partial charge in [0.25, 0.3) is 0 Å². The number of carbonyl (C=O) groups is 1. The van der Waals surface area contributed by atoms with Crippen LogP contribution in [0.15, 0.2) is 23.2 Å². The summed E-state index contributed by atoms with van der Waals surface area (Å²) in [6.07, 6.45) is 0.862. The van der Waals surface area contributed by atoms with Crippen LogP contribution in [0.3, 0.4) is 0 Å². The third kappa shape index (κ3) is 4.37. The van der Waals surface area contributed by atoms with Crippen molar-refractivity contribution in [3.63, 3.8) is 0 Å². The second-order valence-electron chi connectivity index (χ2n) is 7.08. The van der Waals surface area contributed by atoms with Crippen LogP contribution in [0.1, 0.15) is 33.3 Å². The Morgan fingerprint density at radius 2 is 1.88 bits per heavy atom. The smallest absolute Gasteiger partial charge is 0.230 e. The molecule has 1 N–H and O–H groups in total. The van der Waals surface area contributed by atoms with Gasteiger partial charge in [-0.15, -0.1) is 0 Å². The van der Waals surface area contributed by atoms with Crippen molar-refractivity contribution in [1.82, 2.24) is 10.3 Å². The standard InChI is InChI=1S/C19H24N2O3S/c1-5-12-8-13-9-15-16(24-7-6-23-15)10-14(13)20-18(12)25-11-17(22)21-19(2,3)4/h8-10H,5-7,11H2,1-4H3,(H,21,22). The Kier molecular flexibility index (Phi) is 5.08. The molecule has 0 unspecified atom stereocenters. The van der Waals surface area contributed by atoms with Crippen molar-refractivity contribution in [1.29, 1.82) is 0 Å². The lowest BCUT2D eigenvalue weighted by Crippen LogP contribution is -2.41. The number of hydrogen-bond donors (Lipinski definition) is 1. The van der Waals surface area contributed by atoms with Crippen LogP contribution in [0.2, 0.25) is 0 Å². The molecule has 0 spiro atoms. The maximum atomic E-state index is 12.1. The van der Waals surface area contributed by atoms with Crippen LogP contribution >= 0.6 is 11.8 Å². The van der Waals surface area contributed by atoms with Gasteiger partial charge >= 0.3 is 0 Å². The van der Waals surface area contributed by atoms with E-state index in [1.54, 1.807) is 0 Å². The lowest BCUT2D eigenvalue weighted by atomic mass is 10.1. The zero-order valence-corrected chi connectivity index (χ0v) is 16.0. The number of nitrogens with zero attached hydrogens (tertiary/aromatic N) is 1. The fraction of sp³-hybridized carbons (Fsp3) is 0.474. The number of aromatic nitrogens is 1. The molecule has 0 bridgehead atoms. The third-order valence-corrected chi connectivity index (χ3v) is 4.79. The number of pyridine rings is 1. The molecule has 0 saturated heterocycles. The quantitative estimate of drug-likeness (QED) is 0.845. The maximum Gasteiger partial charge on any atom is 0.230 e. The van der Waals surface area contributed by atoms with Crippen molar-refractivity contribution in [2.75, 3.05) is 19.0 Å². The second-order valence-corrected chi connectivity index (χ2v) is 8.05. The Morgan fingerprint density at radius 3 is 2.52 bits per heavy atom. The first-order chi connectivity index (χ1) is 11.9. The van der Waals surface area contributed by atoms with E-state index < -0.39 is 0 Å². The normalized spacial score (nSPS) is 13.8. The molecule has 0 fully saturated rings. The van der Waals surface area contributed by atoms with Gasteiger partial charge in [0.1, 0.15) is 18.2 Å². The van der Waals surface area contributed by atoms with Crippen LogP contribution in [0.25, 0.3) is 10.9 Å². The number of ether oxygens (including phenoxy) is 2. The first kappa shape index (κ1) is 17.9. The SMILES string of the molecule is CCc1cc2cc3c(cc2nc1SCC(=O)NC(C)(C)C)OCCO3. The number of carbonyl (C=O) groups excluding carboxylic acids is 1. The first-order valence-corrected chi connectivity index (χ1v) is 9.51. The Balaban J connectivity index is 1.85. The summed E-state index contributed by atoms with van der Waals surface area (Å²) >= 11 is 1.48. The zero-order chi connectivity index (χ0) is 18.0. The van der Waals surface area contributed by atoms with Gasteiger partial charge in [-0.25, -0.2) is 4.98 Å². The van der Waals surface area contributed by atoms with Crippen LogP contribution < -0.4 is 14.8 Å². The van der Waals surface area contributed by atoms with Gasteiger partial charge < -0.3 is 14.8 Å². The highest BCUT2D eigenvalue weighted by Gasteiger charge is 2.17. The van der Waals surface area contributed by atoms with Gasteiger partial charge in [0.2, 0.25) is 5.91 Å². The third-order valence-electron chi connectivity index (χ3n) is 3.75. The largest absolute Gasteiger partial charge is 0.486 e. The van der Waals surface area contributed by atoms with E-state index in [0.717, 1.165) is 39.4 Å². The van der Waals surface area contributed by atoms with Gasteiger partial charge in [-0.05, 0) is 44.9 Å². The van der Waals surface area contributed by atoms with Crippen molar-refractivity contribution in [2.45, 2.75) is 44.7 Å². The molecule has 1 aromatic carbocycles. The summed E-state index contributed by atoms with van der Waals surface area (Å²) in [6.45, 7) is 9.16. The second kappa shape index (κ2) is 7.12. The van der Waals surface area contributed by atoms with Crippen LogP contribution in [0, 0.1) is 0 Å². The number of aryl methyl sites for hydroxylation is 1. The molecule has 0 aliphatic carbocycles. The number of thioether (sulfide) groups is 1. The fourth-order valence-electron chi connectivity index (χ4n) is 2.70. The Hall–Kier alpha value is -1.95. The van der Waals surface area contributed by atoms with E-state index in [0.29, 0.717) is 19.0 Å². The summed E-state index contributed by atoms with van der Waals surface area (Å²) in [5.41, 5.74) is 1.77. The van der Waals surface area contributed by atoms with Crippen LogP contribution in [-0.4, -0.2) is 35.4 Å². The van der Waals surface area contributed by atoms with Gasteiger partial charge in [0, 0.05) is 17.0 Å². The maximum absolute atomic E-state index is 12.1. The number of rotatable bonds is 4. The molecular weight excluding hydrogens is 336 g/mol. The van der Waals surface area contributed by atoms with Crippen molar-refractivity contribution < 1.29 is 14.3 Å². The lowest BCUT2D eigenvalue weighted by Gasteiger charge is -2.20. The van der Waals surface area contributed by atoms with E-state index in [2.05, 4.69) is 18.3 Å². The molecule has 0 saturated carbocycles. The highest BCUT2D eigenvalue weighted by Crippen LogP contribution is 2.35. The summed E-state index contributed by atoms with van der Waals surface area (Å²) in [4.78, 5) is 16.9. The monoisotopic (exact) mass is 360 g/mol. The van der Waals surface area contributed by atoms with E-state index in [4.69, 9.17) is 14.5 Å². The number of benzene rings is 1. The molecule has 2 heterocycles. The molecule has 5 nitrogen and oxygen atoms in total. The zero-order valence-electron chi connectivity index (χ0n) is 15.1. The first-order valence-electron chi connectivity index (χ1n) is 8.53. The van der Waals surface area contributed by atoms with E-state index in [9.17, 15) is 4.79 Å². The number of amides is 1. The van der Waals surface area contributed by atoms with Crippen molar-refractivity contribution in [3.05, 3.63) is 23.8 Å².